The maximum atomic E-state index is 12.5. The van der Waals surface area contributed by atoms with Crippen LogP contribution in [-0.4, -0.2) is 28.7 Å². The Morgan fingerprint density at radius 3 is 2.50 bits per heavy atom. The highest BCUT2D eigenvalue weighted by atomic mass is 16.1. The highest BCUT2D eigenvalue weighted by Crippen LogP contribution is 2.13. The minimum atomic E-state index is -0.250. The zero-order chi connectivity index (χ0) is 13.9. The third-order valence-corrected chi connectivity index (χ3v) is 2.81. The molecular weight excluding hydrogens is 228 g/mol. The second-order valence-corrected chi connectivity index (χ2v) is 5.67. The van der Waals surface area contributed by atoms with Crippen LogP contribution in [0.1, 0.15) is 34.6 Å². The van der Waals surface area contributed by atoms with E-state index in [1.54, 1.807) is 17.0 Å². The molecule has 0 fully saturated rings. The van der Waals surface area contributed by atoms with E-state index >= 15 is 0 Å². The second kappa shape index (κ2) is 5.52. The quantitative estimate of drug-likeness (QED) is 0.873. The standard InChI is InChI=1S/C13H24N4O/c1-10(2)16(8-6-14)11-12(18)17(9-7-15-11)13(3,4)5/h7,9-10H,6,8,14H2,1-5H3. The summed E-state index contributed by atoms with van der Waals surface area (Å²) in [5.74, 6) is 0.480. The minimum absolute atomic E-state index is 0.0628. The van der Waals surface area contributed by atoms with Crippen molar-refractivity contribution >= 4 is 5.82 Å². The smallest absolute Gasteiger partial charge is 0.293 e. The maximum Gasteiger partial charge on any atom is 0.293 e. The van der Waals surface area contributed by atoms with Crippen molar-refractivity contribution in [2.24, 2.45) is 5.73 Å². The van der Waals surface area contributed by atoms with Gasteiger partial charge in [0.05, 0.1) is 0 Å². The molecule has 0 saturated carbocycles. The molecule has 5 heteroatoms. The van der Waals surface area contributed by atoms with Crippen LogP contribution >= 0.6 is 0 Å². The summed E-state index contributed by atoms with van der Waals surface area (Å²) in [7, 11) is 0. The van der Waals surface area contributed by atoms with E-state index in [1.807, 2.05) is 39.5 Å². The van der Waals surface area contributed by atoms with Crippen LogP contribution in [0.2, 0.25) is 0 Å². The molecule has 0 aliphatic heterocycles. The summed E-state index contributed by atoms with van der Waals surface area (Å²) in [5.41, 5.74) is 5.29. The molecule has 0 aliphatic carbocycles. The number of nitrogens with zero attached hydrogens (tertiary/aromatic N) is 3. The van der Waals surface area contributed by atoms with Gasteiger partial charge in [-0.25, -0.2) is 4.98 Å². The largest absolute Gasteiger partial charge is 0.348 e. The summed E-state index contributed by atoms with van der Waals surface area (Å²) in [5, 5.41) is 0. The van der Waals surface area contributed by atoms with Crippen molar-refractivity contribution < 1.29 is 0 Å². The van der Waals surface area contributed by atoms with Crippen molar-refractivity contribution in [3.05, 3.63) is 22.7 Å². The molecule has 1 rings (SSSR count). The zero-order valence-electron chi connectivity index (χ0n) is 12.0. The lowest BCUT2D eigenvalue weighted by atomic mass is 10.1. The fourth-order valence-electron chi connectivity index (χ4n) is 1.87. The highest BCUT2D eigenvalue weighted by molar-refractivity contribution is 5.37. The third-order valence-electron chi connectivity index (χ3n) is 2.81. The van der Waals surface area contributed by atoms with E-state index in [0.29, 0.717) is 18.9 Å². The van der Waals surface area contributed by atoms with Crippen molar-refractivity contribution in [2.75, 3.05) is 18.0 Å². The van der Waals surface area contributed by atoms with Gasteiger partial charge in [-0.3, -0.25) is 4.79 Å². The summed E-state index contributed by atoms with van der Waals surface area (Å²) in [6.07, 6.45) is 3.40. The van der Waals surface area contributed by atoms with Crippen LogP contribution in [-0.2, 0) is 5.54 Å². The van der Waals surface area contributed by atoms with Gasteiger partial charge in [0.15, 0.2) is 5.82 Å². The summed E-state index contributed by atoms with van der Waals surface area (Å²) in [4.78, 5) is 18.6. The van der Waals surface area contributed by atoms with Gasteiger partial charge in [0.25, 0.3) is 5.56 Å². The Bertz CT molecular complexity index is 445. The van der Waals surface area contributed by atoms with E-state index in [1.165, 1.54) is 0 Å². The molecule has 1 heterocycles. The molecule has 1 aromatic rings. The van der Waals surface area contributed by atoms with Crippen molar-refractivity contribution in [2.45, 2.75) is 46.2 Å². The molecule has 0 unspecified atom stereocenters. The number of aromatic nitrogens is 2. The number of hydrogen-bond donors (Lipinski definition) is 1. The molecular formula is C13H24N4O. The summed E-state index contributed by atoms with van der Waals surface area (Å²) < 4.78 is 1.71. The van der Waals surface area contributed by atoms with Crippen LogP contribution in [0.15, 0.2) is 17.2 Å². The zero-order valence-corrected chi connectivity index (χ0v) is 12.0. The lowest BCUT2D eigenvalue weighted by Gasteiger charge is -2.29. The Hall–Kier alpha value is -1.36. The average Bonchev–Trinajstić information content (AvgIpc) is 2.24. The first kappa shape index (κ1) is 14.7. The van der Waals surface area contributed by atoms with E-state index in [2.05, 4.69) is 4.98 Å². The lowest BCUT2D eigenvalue weighted by Crippen LogP contribution is -2.43. The third kappa shape index (κ3) is 3.10. The fourth-order valence-corrected chi connectivity index (χ4v) is 1.87. The second-order valence-electron chi connectivity index (χ2n) is 5.67. The monoisotopic (exact) mass is 252 g/mol. The Kier molecular flexibility index (Phi) is 4.51. The first-order chi connectivity index (χ1) is 8.29. The van der Waals surface area contributed by atoms with Crippen molar-refractivity contribution in [3.63, 3.8) is 0 Å². The molecule has 0 radical (unpaired) electrons. The summed E-state index contributed by atoms with van der Waals surface area (Å²) in [6, 6.07) is 0.199. The van der Waals surface area contributed by atoms with Gasteiger partial charge in [-0.05, 0) is 34.6 Å². The van der Waals surface area contributed by atoms with Crippen molar-refractivity contribution in [1.29, 1.82) is 0 Å². The minimum Gasteiger partial charge on any atom is -0.348 e. The predicted molar refractivity (Wildman–Crippen MR) is 75.0 cm³/mol. The SMILES string of the molecule is CC(C)N(CCN)c1nccn(C(C)(C)C)c1=O. The Balaban J connectivity index is 3.29. The van der Waals surface area contributed by atoms with E-state index in [-0.39, 0.29) is 17.1 Å². The van der Waals surface area contributed by atoms with Crippen LogP contribution in [0.5, 0.6) is 0 Å². The fraction of sp³-hybridized carbons (Fsp3) is 0.692. The molecule has 0 bridgehead atoms. The van der Waals surface area contributed by atoms with Crippen molar-refractivity contribution in [1.82, 2.24) is 9.55 Å². The summed E-state index contributed by atoms with van der Waals surface area (Å²) in [6.45, 7) is 11.2. The molecule has 5 nitrogen and oxygen atoms in total. The normalized spacial score (nSPS) is 11.9. The van der Waals surface area contributed by atoms with Gasteiger partial charge in [0.2, 0.25) is 0 Å². The summed E-state index contributed by atoms with van der Waals surface area (Å²) >= 11 is 0. The molecule has 18 heavy (non-hydrogen) atoms. The van der Waals surface area contributed by atoms with Gasteiger partial charge >= 0.3 is 0 Å². The van der Waals surface area contributed by atoms with Gasteiger partial charge in [-0.15, -0.1) is 0 Å². The number of rotatable bonds is 4. The van der Waals surface area contributed by atoms with Gasteiger partial charge < -0.3 is 15.2 Å². The molecule has 2 N–H and O–H groups in total. The van der Waals surface area contributed by atoms with Crippen LogP contribution in [0.3, 0.4) is 0 Å². The topological polar surface area (TPSA) is 64.2 Å². The van der Waals surface area contributed by atoms with E-state index in [4.69, 9.17) is 5.73 Å². The molecule has 1 aromatic heterocycles. The first-order valence-electron chi connectivity index (χ1n) is 6.34. The lowest BCUT2D eigenvalue weighted by molar-refractivity contribution is 0.381. The predicted octanol–water partition coefficient (Wildman–Crippen LogP) is 1.17. The number of nitrogens with two attached hydrogens (primary N) is 1. The maximum absolute atomic E-state index is 12.5. The molecule has 102 valence electrons. The van der Waals surface area contributed by atoms with Gasteiger partial charge in [-0.1, -0.05) is 0 Å². The first-order valence-corrected chi connectivity index (χ1v) is 6.34. The van der Waals surface area contributed by atoms with E-state index in [9.17, 15) is 4.79 Å². The molecule has 0 saturated heterocycles. The Morgan fingerprint density at radius 1 is 1.44 bits per heavy atom. The van der Waals surface area contributed by atoms with Crippen LogP contribution in [0.25, 0.3) is 0 Å². The molecule has 0 atom stereocenters. The molecule has 0 aliphatic rings. The number of anilines is 1. The average molecular weight is 252 g/mol. The Labute approximate surface area is 109 Å². The van der Waals surface area contributed by atoms with E-state index in [0.717, 1.165) is 0 Å². The Morgan fingerprint density at radius 2 is 2.06 bits per heavy atom. The van der Waals surface area contributed by atoms with Gasteiger partial charge in [-0.2, -0.15) is 0 Å². The molecule has 0 spiro atoms. The van der Waals surface area contributed by atoms with Crippen LogP contribution < -0.4 is 16.2 Å². The van der Waals surface area contributed by atoms with Crippen LogP contribution in [0, 0.1) is 0 Å². The van der Waals surface area contributed by atoms with Crippen LogP contribution in [0.4, 0.5) is 5.82 Å². The van der Waals surface area contributed by atoms with Gasteiger partial charge in [0.1, 0.15) is 0 Å². The van der Waals surface area contributed by atoms with Crippen molar-refractivity contribution in [3.8, 4) is 0 Å². The van der Waals surface area contributed by atoms with Gasteiger partial charge in [0, 0.05) is 37.1 Å². The molecule has 0 aromatic carbocycles. The number of hydrogen-bond acceptors (Lipinski definition) is 4. The highest BCUT2D eigenvalue weighted by Gasteiger charge is 2.20. The molecule has 0 amide bonds. The van der Waals surface area contributed by atoms with E-state index < -0.39 is 0 Å².